The van der Waals surface area contributed by atoms with Crippen molar-refractivity contribution in [3.05, 3.63) is 46.5 Å². The van der Waals surface area contributed by atoms with E-state index in [1.807, 2.05) is 21.1 Å². The van der Waals surface area contributed by atoms with Crippen molar-refractivity contribution in [3.8, 4) is 11.5 Å². The van der Waals surface area contributed by atoms with Crippen LogP contribution in [0, 0.1) is 0 Å². The third-order valence-corrected chi connectivity index (χ3v) is 4.85. The van der Waals surface area contributed by atoms with Gasteiger partial charge in [-0.3, -0.25) is 14.4 Å². The van der Waals surface area contributed by atoms with Crippen LogP contribution in [-0.4, -0.2) is 78.9 Å². The number of quaternary nitrogens is 1. The topological polar surface area (TPSA) is 182 Å². The van der Waals surface area contributed by atoms with Crippen molar-refractivity contribution in [1.82, 2.24) is 5.32 Å². The van der Waals surface area contributed by atoms with Gasteiger partial charge in [-0.25, -0.2) is 0 Å². The van der Waals surface area contributed by atoms with Crippen LogP contribution in [-0.2, 0) is 9.59 Å². The summed E-state index contributed by atoms with van der Waals surface area (Å²) in [6.45, 7) is 2.06. The number of ketones is 2. The van der Waals surface area contributed by atoms with Gasteiger partial charge in [0.25, 0.3) is 0 Å². The van der Waals surface area contributed by atoms with Gasteiger partial charge in [-0.2, -0.15) is 0 Å². The van der Waals surface area contributed by atoms with Gasteiger partial charge in [0.15, 0.2) is 0 Å². The van der Waals surface area contributed by atoms with Gasteiger partial charge in [-0.15, -0.1) is 0 Å². The molecule has 0 aromatic heterocycles. The molecule has 11 heteroatoms. The summed E-state index contributed by atoms with van der Waals surface area (Å²) >= 11 is 0. The molecule has 2 aromatic rings. The lowest BCUT2D eigenvalue weighted by atomic mass is 9.81. The second kappa shape index (κ2) is 10.2. The molecule has 0 aliphatic heterocycles. The Morgan fingerprint density at radius 3 is 2.00 bits per heavy atom. The van der Waals surface area contributed by atoms with Gasteiger partial charge in [-0.05, 0) is 31.2 Å². The first kappa shape index (κ1) is 26.1. The predicted molar refractivity (Wildman–Crippen MR) is 123 cm³/mol. The van der Waals surface area contributed by atoms with Crippen LogP contribution in [0.2, 0.25) is 0 Å². The zero-order valence-electron chi connectivity index (χ0n) is 19.4. The van der Waals surface area contributed by atoms with Crippen LogP contribution >= 0.6 is 0 Å². The first-order valence-corrected chi connectivity index (χ1v) is 10.3. The van der Waals surface area contributed by atoms with Crippen LogP contribution in [0.15, 0.2) is 24.3 Å². The predicted octanol–water partition coefficient (Wildman–Crippen LogP) is -0.554. The lowest BCUT2D eigenvalue weighted by Crippen LogP contribution is -2.43. The minimum absolute atomic E-state index is 0.0289. The zero-order valence-corrected chi connectivity index (χ0v) is 19.4. The Kier molecular flexibility index (Phi) is 7.85. The number of rotatable bonds is 6. The molecule has 0 saturated carbocycles. The molecule has 0 bridgehead atoms. The fourth-order valence-electron chi connectivity index (χ4n) is 3.31. The first-order chi connectivity index (χ1) is 15.7. The maximum Gasteiger partial charge on any atom is 0.239 e. The van der Waals surface area contributed by atoms with E-state index in [0.717, 1.165) is 13.5 Å². The summed E-state index contributed by atoms with van der Waals surface area (Å²) in [6.07, 6.45) is 0. The van der Waals surface area contributed by atoms with E-state index in [1.54, 1.807) is 0 Å². The molecule has 1 aliphatic rings. The Balaban J connectivity index is 0.000000945. The van der Waals surface area contributed by atoms with Gasteiger partial charge < -0.3 is 41.0 Å². The molecule has 11 nitrogen and oxygen atoms in total. The lowest BCUT2D eigenvalue weighted by molar-refractivity contribution is -0.869. The number of hydrogen-bond donors (Lipinski definition) is 5. The molecule has 0 unspecified atom stereocenters. The number of nitrogens with two attached hydrogens (primary N) is 1. The normalized spacial score (nSPS) is 12.1. The second-order valence-electron chi connectivity index (χ2n) is 8.67. The van der Waals surface area contributed by atoms with Crippen molar-refractivity contribution < 1.29 is 39.0 Å². The molecule has 2 aromatic carbocycles. The average Bonchev–Trinajstić information content (AvgIpc) is 2.71. The quantitative estimate of drug-likeness (QED) is 0.178. The number of aliphatic carboxylic acids is 1. The van der Waals surface area contributed by atoms with Gasteiger partial charge in [-0.1, -0.05) is 0 Å². The monoisotopic (exact) mass is 472 g/mol. The minimum Gasteiger partial charge on any atom is -0.550 e. The van der Waals surface area contributed by atoms with Crippen molar-refractivity contribution in [2.24, 2.45) is 0 Å². The highest BCUT2D eigenvalue weighted by atomic mass is 16.4. The smallest absolute Gasteiger partial charge is 0.239 e. The summed E-state index contributed by atoms with van der Waals surface area (Å²) in [5, 5.41) is 34.9. The van der Waals surface area contributed by atoms with Gasteiger partial charge in [0.05, 0.1) is 63.0 Å². The van der Waals surface area contributed by atoms with E-state index >= 15 is 0 Å². The van der Waals surface area contributed by atoms with E-state index in [1.165, 1.54) is 24.3 Å². The number of nitrogens with zero attached hydrogens (tertiary/aromatic N) is 1. The van der Waals surface area contributed by atoms with E-state index < -0.39 is 17.5 Å². The third-order valence-electron chi connectivity index (χ3n) is 4.85. The van der Waals surface area contributed by atoms with Crippen molar-refractivity contribution in [3.63, 3.8) is 0 Å². The van der Waals surface area contributed by atoms with Crippen molar-refractivity contribution in [1.29, 1.82) is 0 Å². The van der Waals surface area contributed by atoms with E-state index in [4.69, 9.17) is 15.6 Å². The number of nitrogen functional groups attached to an aromatic ring is 1. The maximum atomic E-state index is 13.1. The lowest BCUT2D eigenvalue weighted by Gasteiger charge is -2.24. The molecule has 0 spiro atoms. The van der Waals surface area contributed by atoms with Gasteiger partial charge in [0, 0.05) is 17.3 Å². The maximum absolute atomic E-state index is 13.1. The first-order valence-electron chi connectivity index (χ1n) is 10.3. The molecular weight excluding hydrogens is 444 g/mol. The van der Waals surface area contributed by atoms with E-state index in [-0.39, 0.29) is 57.6 Å². The van der Waals surface area contributed by atoms with Crippen LogP contribution in [0.4, 0.5) is 11.4 Å². The number of phenols is 2. The summed E-state index contributed by atoms with van der Waals surface area (Å²) in [5.41, 5.74) is 5.41. The number of phenolic OH excluding ortho intramolecular Hbond substituents is 2. The number of amides is 1. The van der Waals surface area contributed by atoms with Crippen molar-refractivity contribution >= 4 is 34.8 Å². The molecule has 3 rings (SSSR count). The standard InChI is InChI=1S/C21H24N4O5.C2H4O2/c1-25(2,3)9-8-23-15(28)10-24-12-5-7-14(27)19-17(12)21(30)18-13(26)6-4-11(22)16(18)20(19)29;1-2(3)4/h4-7H,8-10H2,1-3H3,(H5-,22,23,24,26,27,28,29,30);1H3,(H,3,4). The molecular formula is C23H28N4O7. The number of carboxylic acid groups (broad SMARTS) is 1. The zero-order chi connectivity index (χ0) is 25.8. The minimum atomic E-state index is -1.08. The van der Waals surface area contributed by atoms with Crippen LogP contribution in [0.1, 0.15) is 38.8 Å². The Labute approximate surface area is 196 Å². The summed E-state index contributed by atoms with van der Waals surface area (Å²) in [5.74, 6) is -3.45. The number of nitrogens with one attached hydrogen (secondary N) is 2. The fraction of sp³-hybridized carbons (Fsp3) is 0.304. The summed E-state index contributed by atoms with van der Waals surface area (Å²) < 4.78 is 0.696. The van der Waals surface area contributed by atoms with Crippen molar-refractivity contribution in [2.75, 3.05) is 51.8 Å². The summed E-state index contributed by atoms with van der Waals surface area (Å²) in [7, 11) is 6.03. The van der Waals surface area contributed by atoms with E-state index in [9.17, 15) is 24.6 Å². The number of fused-ring (bicyclic) bond motifs is 2. The molecule has 0 heterocycles. The Morgan fingerprint density at radius 1 is 0.941 bits per heavy atom. The van der Waals surface area contributed by atoms with Gasteiger partial charge in [0.2, 0.25) is 17.5 Å². The molecule has 0 atom stereocenters. The number of benzene rings is 2. The number of carbonyl (C=O) groups excluding carboxylic acids is 4. The fourth-order valence-corrected chi connectivity index (χ4v) is 3.31. The molecule has 1 aliphatic carbocycles. The Bertz CT molecular complexity index is 1150. The highest BCUT2D eigenvalue weighted by Crippen LogP contribution is 2.41. The number of carboxylic acids is 1. The third kappa shape index (κ3) is 6.01. The number of carbonyl (C=O) groups is 4. The number of anilines is 2. The summed E-state index contributed by atoms with van der Waals surface area (Å²) in [4.78, 5) is 47.1. The molecule has 1 amide bonds. The molecule has 0 fully saturated rings. The van der Waals surface area contributed by atoms with Gasteiger partial charge >= 0.3 is 0 Å². The number of aromatic hydroxyl groups is 2. The SMILES string of the molecule is CC(=O)[O-].C[N+](C)(C)CCNC(=O)CNc1ccc(O)c2c1C(=O)c1c(O)ccc(N)c1C2=O. The van der Waals surface area contributed by atoms with E-state index in [0.29, 0.717) is 11.0 Å². The van der Waals surface area contributed by atoms with Crippen LogP contribution < -0.4 is 21.5 Å². The molecule has 6 N–H and O–H groups in total. The second-order valence-corrected chi connectivity index (χ2v) is 8.67. The highest BCUT2D eigenvalue weighted by molar-refractivity contribution is 6.33. The Hall–Kier alpha value is -4.12. The summed E-state index contributed by atoms with van der Waals surface area (Å²) in [6, 6.07) is 5.24. The van der Waals surface area contributed by atoms with Gasteiger partial charge in [0.1, 0.15) is 11.5 Å². The van der Waals surface area contributed by atoms with Crippen LogP contribution in [0.25, 0.3) is 0 Å². The largest absolute Gasteiger partial charge is 0.550 e. The van der Waals surface area contributed by atoms with E-state index in [2.05, 4.69) is 10.6 Å². The molecule has 34 heavy (non-hydrogen) atoms. The van der Waals surface area contributed by atoms with Crippen molar-refractivity contribution in [2.45, 2.75) is 6.92 Å². The average molecular weight is 472 g/mol. The molecule has 0 saturated heterocycles. The number of hydrogen-bond acceptors (Lipinski definition) is 9. The van der Waals surface area contributed by atoms with Crippen LogP contribution in [0.5, 0.6) is 11.5 Å². The highest BCUT2D eigenvalue weighted by Gasteiger charge is 2.37. The number of likely N-dealkylation sites (N-methyl/N-ethyl adjacent to an activating group) is 1. The van der Waals surface area contributed by atoms with Crippen LogP contribution in [0.3, 0.4) is 0 Å². The Morgan fingerprint density at radius 2 is 1.44 bits per heavy atom. The molecule has 182 valence electrons. The molecule has 0 radical (unpaired) electrons.